The summed E-state index contributed by atoms with van der Waals surface area (Å²) in [5, 5.41) is 11.3. The lowest BCUT2D eigenvalue weighted by Gasteiger charge is -2.06. The van der Waals surface area contributed by atoms with E-state index in [0.29, 0.717) is 0 Å². The molecule has 0 radical (unpaired) electrons. The van der Waals surface area contributed by atoms with Crippen molar-refractivity contribution in [1.82, 2.24) is 5.32 Å². The Morgan fingerprint density at radius 2 is 1.76 bits per heavy atom. The Morgan fingerprint density at radius 3 is 2.29 bits per heavy atom. The molecule has 0 atom stereocenters. The number of nitrogens with one attached hydrogen (secondary N) is 1. The van der Waals surface area contributed by atoms with Gasteiger partial charge in [-0.05, 0) is 12.1 Å². The Balaban J connectivity index is 2.75. The number of carbonyl (C=O) groups excluding carboxylic acids is 2. The third-order valence-corrected chi connectivity index (χ3v) is 2.06. The van der Waals surface area contributed by atoms with E-state index in [1.54, 1.807) is 6.07 Å². The highest BCUT2D eigenvalue weighted by molar-refractivity contribution is 6.04. The van der Waals surface area contributed by atoms with Crippen molar-refractivity contribution in [3.05, 3.63) is 35.4 Å². The highest BCUT2D eigenvalue weighted by Crippen LogP contribution is 2.08. The lowest BCUT2D eigenvalue weighted by molar-refractivity contribution is -0.117. The van der Waals surface area contributed by atoms with Crippen molar-refractivity contribution < 1.29 is 19.5 Å². The van der Waals surface area contributed by atoms with E-state index in [9.17, 15) is 14.4 Å². The number of carboxylic acids is 1. The molecule has 1 aromatic rings. The van der Waals surface area contributed by atoms with Crippen LogP contribution in [0.2, 0.25) is 0 Å². The predicted octanol–water partition coefficient (Wildman–Crippen LogP) is -0.0100. The molecular formula is C11H12N2O4. The molecule has 1 aromatic carbocycles. The second-order valence-electron chi connectivity index (χ2n) is 3.32. The van der Waals surface area contributed by atoms with Gasteiger partial charge in [0.1, 0.15) is 0 Å². The van der Waals surface area contributed by atoms with E-state index in [2.05, 4.69) is 5.32 Å². The lowest BCUT2D eigenvalue weighted by atomic mass is 10.1. The summed E-state index contributed by atoms with van der Waals surface area (Å²) in [5.74, 6) is -2.24. The van der Waals surface area contributed by atoms with E-state index in [4.69, 9.17) is 10.8 Å². The maximum Gasteiger partial charge on any atom is 0.336 e. The van der Waals surface area contributed by atoms with Gasteiger partial charge in [0, 0.05) is 13.0 Å². The fraction of sp³-hybridized carbons (Fsp3) is 0.182. The van der Waals surface area contributed by atoms with Crippen LogP contribution in [0.25, 0.3) is 0 Å². The number of nitrogens with two attached hydrogens (primary N) is 1. The summed E-state index contributed by atoms with van der Waals surface area (Å²) in [5.41, 5.74) is 4.89. The van der Waals surface area contributed by atoms with Crippen LogP contribution in [-0.2, 0) is 4.79 Å². The highest BCUT2D eigenvalue weighted by atomic mass is 16.4. The van der Waals surface area contributed by atoms with Gasteiger partial charge in [-0.1, -0.05) is 12.1 Å². The molecule has 17 heavy (non-hydrogen) atoms. The van der Waals surface area contributed by atoms with Gasteiger partial charge in [-0.25, -0.2) is 4.79 Å². The average molecular weight is 236 g/mol. The monoisotopic (exact) mass is 236 g/mol. The Labute approximate surface area is 97.4 Å². The fourth-order valence-electron chi connectivity index (χ4n) is 1.26. The first-order valence-electron chi connectivity index (χ1n) is 4.91. The van der Waals surface area contributed by atoms with Crippen molar-refractivity contribution in [1.29, 1.82) is 0 Å². The summed E-state index contributed by atoms with van der Waals surface area (Å²) < 4.78 is 0. The molecule has 0 saturated carbocycles. The van der Waals surface area contributed by atoms with Crippen LogP contribution in [-0.4, -0.2) is 29.4 Å². The topological polar surface area (TPSA) is 109 Å². The first kappa shape index (κ1) is 12.7. The van der Waals surface area contributed by atoms with Crippen molar-refractivity contribution in [3.63, 3.8) is 0 Å². The van der Waals surface area contributed by atoms with Crippen LogP contribution >= 0.6 is 0 Å². The number of hydrogen-bond donors (Lipinski definition) is 3. The summed E-state index contributed by atoms with van der Waals surface area (Å²) in [6.07, 6.45) is 0.0149. The zero-order chi connectivity index (χ0) is 12.8. The lowest BCUT2D eigenvalue weighted by Crippen LogP contribution is -2.29. The summed E-state index contributed by atoms with van der Waals surface area (Å²) >= 11 is 0. The molecule has 0 bridgehead atoms. The van der Waals surface area contributed by atoms with Gasteiger partial charge in [0.25, 0.3) is 5.91 Å². The van der Waals surface area contributed by atoms with E-state index >= 15 is 0 Å². The van der Waals surface area contributed by atoms with Crippen LogP contribution in [0.1, 0.15) is 27.1 Å². The molecule has 0 spiro atoms. The molecule has 6 heteroatoms. The maximum atomic E-state index is 11.6. The number of rotatable bonds is 5. The van der Waals surface area contributed by atoms with Gasteiger partial charge in [0.2, 0.25) is 5.91 Å². The molecular weight excluding hydrogens is 224 g/mol. The minimum absolute atomic E-state index is 0.0149. The molecule has 0 heterocycles. The number of carbonyl (C=O) groups is 3. The zero-order valence-electron chi connectivity index (χ0n) is 8.97. The van der Waals surface area contributed by atoms with Gasteiger partial charge >= 0.3 is 5.97 Å². The SMILES string of the molecule is NC(=O)CCNC(=O)c1ccccc1C(=O)O. The van der Waals surface area contributed by atoms with Crippen LogP contribution in [0.3, 0.4) is 0 Å². The molecule has 0 fully saturated rings. The molecule has 2 amide bonds. The number of aromatic carboxylic acids is 1. The molecule has 0 aliphatic rings. The van der Waals surface area contributed by atoms with Gasteiger partial charge in [-0.15, -0.1) is 0 Å². The summed E-state index contributed by atoms with van der Waals surface area (Å²) in [6, 6.07) is 5.84. The fourth-order valence-corrected chi connectivity index (χ4v) is 1.26. The van der Waals surface area contributed by atoms with E-state index < -0.39 is 17.8 Å². The number of benzene rings is 1. The quantitative estimate of drug-likeness (QED) is 0.667. The Kier molecular flexibility index (Phi) is 4.21. The third-order valence-electron chi connectivity index (χ3n) is 2.06. The van der Waals surface area contributed by atoms with Crippen LogP contribution in [0.5, 0.6) is 0 Å². The van der Waals surface area contributed by atoms with Crippen LogP contribution in [0, 0.1) is 0 Å². The van der Waals surface area contributed by atoms with Gasteiger partial charge in [0.15, 0.2) is 0 Å². The van der Waals surface area contributed by atoms with Crippen LogP contribution < -0.4 is 11.1 Å². The molecule has 4 N–H and O–H groups in total. The van der Waals surface area contributed by atoms with E-state index in [1.165, 1.54) is 18.2 Å². The molecule has 0 aliphatic carbocycles. The summed E-state index contributed by atoms with van der Waals surface area (Å²) in [6.45, 7) is 0.0854. The van der Waals surface area contributed by atoms with E-state index in [-0.39, 0.29) is 24.1 Å². The van der Waals surface area contributed by atoms with Crippen LogP contribution in [0.4, 0.5) is 0 Å². The van der Waals surface area contributed by atoms with Crippen molar-refractivity contribution >= 4 is 17.8 Å². The Bertz CT molecular complexity index is 457. The second-order valence-corrected chi connectivity index (χ2v) is 3.32. The molecule has 1 rings (SSSR count). The van der Waals surface area contributed by atoms with Gasteiger partial charge < -0.3 is 16.2 Å². The highest BCUT2D eigenvalue weighted by Gasteiger charge is 2.15. The van der Waals surface area contributed by atoms with Crippen molar-refractivity contribution in [3.8, 4) is 0 Å². The van der Waals surface area contributed by atoms with Gasteiger partial charge in [-0.3, -0.25) is 9.59 Å². The van der Waals surface area contributed by atoms with Gasteiger partial charge in [0.05, 0.1) is 11.1 Å². The number of primary amides is 1. The third kappa shape index (κ3) is 3.60. The minimum atomic E-state index is -1.18. The molecule has 0 aromatic heterocycles. The van der Waals surface area contributed by atoms with Crippen molar-refractivity contribution in [2.45, 2.75) is 6.42 Å². The first-order valence-corrected chi connectivity index (χ1v) is 4.91. The Hall–Kier alpha value is -2.37. The molecule has 6 nitrogen and oxygen atoms in total. The number of amides is 2. The molecule has 0 aliphatic heterocycles. The van der Waals surface area contributed by atoms with Crippen molar-refractivity contribution in [2.24, 2.45) is 5.73 Å². The largest absolute Gasteiger partial charge is 0.478 e. The maximum absolute atomic E-state index is 11.6. The molecule has 0 saturated heterocycles. The van der Waals surface area contributed by atoms with Gasteiger partial charge in [-0.2, -0.15) is 0 Å². The average Bonchev–Trinajstić information content (AvgIpc) is 2.28. The van der Waals surface area contributed by atoms with E-state index in [1.807, 2.05) is 0 Å². The number of carboxylic acid groups (broad SMARTS) is 1. The number of hydrogen-bond acceptors (Lipinski definition) is 3. The summed E-state index contributed by atoms with van der Waals surface area (Å²) in [7, 11) is 0. The molecule has 90 valence electrons. The zero-order valence-corrected chi connectivity index (χ0v) is 8.97. The smallest absolute Gasteiger partial charge is 0.336 e. The predicted molar refractivity (Wildman–Crippen MR) is 59.5 cm³/mol. The normalized spacial score (nSPS) is 9.65. The van der Waals surface area contributed by atoms with Crippen molar-refractivity contribution in [2.75, 3.05) is 6.54 Å². The first-order chi connectivity index (χ1) is 8.02. The van der Waals surface area contributed by atoms with E-state index in [0.717, 1.165) is 0 Å². The standard InChI is InChI=1S/C11H12N2O4/c12-9(14)5-6-13-10(15)7-3-1-2-4-8(7)11(16)17/h1-4H,5-6H2,(H2,12,14)(H,13,15)(H,16,17). The Morgan fingerprint density at radius 1 is 1.18 bits per heavy atom. The molecule has 0 unspecified atom stereocenters. The minimum Gasteiger partial charge on any atom is -0.478 e. The van der Waals surface area contributed by atoms with Crippen LogP contribution in [0.15, 0.2) is 24.3 Å². The summed E-state index contributed by atoms with van der Waals surface area (Å²) in [4.78, 5) is 32.9. The second kappa shape index (κ2) is 5.64.